The molecule has 0 bridgehead atoms. The maximum absolute atomic E-state index is 13.2. The molecule has 3 aromatic rings. The first-order valence-corrected chi connectivity index (χ1v) is 18.8. The number of ether oxygens (including phenoxy) is 7. The van der Waals surface area contributed by atoms with Crippen LogP contribution < -0.4 is 24.4 Å². The number of rotatable bonds is 14. The van der Waals surface area contributed by atoms with Crippen LogP contribution in [0.3, 0.4) is 0 Å². The van der Waals surface area contributed by atoms with Crippen LogP contribution in [0.15, 0.2) is 64.3 Å². The molecule has 2 unspecified atom stereocenters. The predicted octanol–water partition coefficient (Wildman–Crippen LogP) is 0.129. The molecule has 0 radical (unpaired) electrons. The van der Waals surface area contributed by atoms with Gasteiger partial charge in [0.2, 0.25) is 12.4 Å². The lowest BCUT2D eigenvalue weighted by Crippen LogP contribution is -2.63. The highest BCUT2D eigenvalue weighted by Crippen LogP contribution is 2.35. The summed E-state index contributed by atoms with van der Waals surface area (Å²) in [6.07, 6.45) is -10.3. The number of aromatic nitrogens is 2. The zero-order valence-corrected chi connectivity index (χ0v) is 32.4. The SMILES string of the molecule is CC(=O)OC[C@H]1OC(Oc2ccccc2OS(=O)(=O)Oc2ccc(Cn3c(=O)c(C)cn([C@H]4CC(O)[C@@H](O)O4)c3=O)cc2)[C@H](OC(C)=O)[C@@H](OC(C)=O)[C@H]1OC(C)=O. The smallest absolute Gasteiger partial charge is 0.463 e. The molecule has 2 fully saturated rings. The maximum atomic E-state index is 13.2. The molecule has 2 saturated heterocycles. The van der Waals surface area contributed by atoms with Crippen LogP contribution in [-0.2, 0) is 64.5 Å². The Morgan fingerprint density at radius 3 is 1.98 bits per heavy atom. The average molecular weight is 837 g/mol. The second-order valence-electron chi connectivity index (χ2n) is 13.0. The van der Waals surface area contributed by atoms with Crippen LogP contribution in [0.1, 0.15) is 51.5 Å². The lowest BCUT2D eigenvalue weighted by molar-refractivity contribution is -0.288. The number of aliphatic hydroxyl groups excluding tert-OH is 2. The van der Waals surface area contributed by atoms with Gasteiger partial charge in [0.05, 0.1) is 6.54 Å². The molecule has 5 rings (SSSR count). The van der Waals surface area contributed by atoms with Gasteiger partial charge in [-0.3, -0.25) is 33.1 Å². The molecule has 58 heavy (non-hydrogen) atoms. The monoisotopic (exact) mass is 836 g/mol. The number of aryl methyl sites for hydroxylation is 1. The first-order chi connectivity index (χ1) is 27.3. The summed E-state index contributed by atoms with van der Waals surface area (Å²) < 4.78 is 77.0. The van der Waals surface area contributed by atoms with Crippen molar-refractivity contribution in [1.82, 2.24) is 9.13 Å². The third kappa shape index (κ3) is 10.8. The highest BCUT2D eigenvalue weighted by Gasteiger charge is 2.53. The Balaban J connectivity index is 1.35. The fourth-order valence-electron chi connectivity index (χ4n) is 6.02. The first-order valence-electron chi connectivity index (χ1n) is 17.4. The quantitative estimate of drug-likeness (QED) is 0.161. The van der Waals surface area contributed by atoms with Crippen LogP contribution in [0.5, 0.6) is 17.2 Å². The van der Waals surface area contributed by atoms with Crippen molar-refractivity contribution in [2.45, 2.75) is 96.9 Å². The highest BCUT2D eigenvalue weighted by atomic mass is 32.3. The summed E-state index contributed by atoms with van der Waals surface area (Å²) in [5.41, 5.74) is -0.817. The Bertz CT molecular complexity index is 2230. The lowest BCUT2D eigenvalue weighted by Gasteiger charge is -2.43. The minimum atomic E-state index is -4.93. The van der Waals surface area contributed by atoms with E-state index in [1.165, 1.54) is 61.7 Å². The van der Waals surface area contributed by atoms with E-state index in [0.717, 1.165) is 36.8 Å². The number of esters is 4. The molecule has 2 aromatic carbocycles. The largest absolute Gasteiger partial charge is 0.501 e. The molecular formula is C36H40N2O19S. The Hall–Kier alpha value is -5.81. The summed E-state index contributed by atoms with van der Waals surface area (Å²) in [4.78, 5) is 74.2. The molecular weight excluding hydrogens is 796 g/mol. The van der Waals surface area contributed by atoms with Crippen LogP contribution in [0.4, 0.5) is 0 Å². The standard InChI is InChI=1S/C36H40N2O19S/c1-18-15-37(29-14-25(43)34(45)55-29)36(46)38(33(18)44)16-23-10-12-24(13-11-23)56-58(47,48)57-27-9-7-6-8-26(27)53-35-32(52-22(5)42)31(51-21(4)41)30(50-20(3)40)28(54-35)17-49-19(2)39/h6-13,15,25,28-32,34-35,43,45H,14,16-17H2,1-5H3/t25?,28-,29-,30+,31+,32-,34+,35?/m1/s1. The van der Waals surface area contributed by atoms with Crippen molar-refractivity contribution in [3.8, 4) is 17.2 Å². The summed E-state index contributed by atoms with van der Waals surface area (Å²) in [6, 6.07) is 10.5. The van der Waals surface area contributed by atoms with Gasteiger partial charge in [0.15, 0.2) is 30.0 Å². The summed E-state index contributed by atoms with van der Waals surface area (Å²) in [6.45, 7) is 4.93. The number of nitrogens with zero attached hydrogens (tertiary/aromatic N) is 2. The van der Waals surface area contributed by atoms with E-state index in [9.17, 15) is 47.4 Å². The van der Waals surface area contributed by atoms with Crippen molar-refractivity contribution < 1.29 is 79.3 Å². The minimum Gasteiger partial charge on any atom is -0.463 e. The third-order valence-corrected chi connectivity index (χ3v) is 9.22. The van der Waals surface area contributed by atoms with Crippen molar-refractivity contribution in [3.63, 3.8) is 0 Å². The van der Waals surface area contributed by atoms with Gasteiger partial charge in [0.1, 0.15) is 30.8 Å². The van der Waals surface area contributed by atoms with E-state index < -0.39 is 107 Å². The first kappa shape index (κ1) is 43.3. The highest BCUT2D eigenvalue weighted by molar-refractivity contribution is 7.82. The van der Waals surface area contributed by atoms with Crippen molar-refractivity contribution in [2.24, 2.45) is 0 Å². The molecule has 21 nitrogen and oxygen atoms in total. The Labute approximate surface area is 329 Å². The van der Waals surface area contributed by atoms with Gasteiger partial charge in [0, 0.05) is 45.9 Å². The molecule has 0 saturated carbocycles. The number of carbonyl (C=O) groups is 4. The fraction of sp³-hybridized carbons (Fsp3) is 0.444. The van der Waals surface area contributed by atoms with Gasteiger partial charge in [-0.2, -0.15) is 0 Å². The van der Waals surface area contributed by atoms with Gasteiger partial charge in [0.25, 0.3) is 5.56 Å². The Morgan fingerprint density at radius 2 is 1.40 bits per heavy atom. The van der Waals surface area contributed by atoms with Crippen molar-refractivity contribution in [3.05, 3.63) is 86.7 Å². The second kappa shape index (κ2) is 18.2. The van der Waals surface area contributed by atoms with Gasteiger partial charge in [-0.05, 0) is 36.8 Å². The molecule has 0 amide bonds. The normalized spacial score (nSPS) is 24.3. The number of benzene rings is 2. The topological polar surface area (TPSA) is 270 Å². The number of aliphatic hydroxyl groups is 2. The van der Waals surface area contributed by atoms with E-state index in [1.54, 1.807) is 0 Å². The molecule has 22 heteroatoms. The fourth-order valence-corrected chi connectivity index (χ4v) is 6.75. The molecule has 0 spiro atoms. The summed E-state index contributed by atoms with van der Waals surface area (Å²) >= 11 is 0. The van der Waals surface area contributed by atoms with Crippen molar-refractivity contribution in [2.75, 3.05) is 6.61 Å². The maximum Gasteiger partial charge on any atom is 0.501 e. The number of para-hydroxylation sites is 2. The predicted molar refractivity (Wildman–Crippen MR) is 191 cm³/mol. The van der Waals surface area contributed by atoms with Crippen LogP contribution >= 0.6 is 0 Å². The number of carbonyl (C=O) groups excluding carboxylic acids is 4. The minimum absolute atomic E-state index is 0.0895. The van der Waals surface area contributed by atoms with Crippen molar-refractivity contribution in [1.29, 1.82) is 0 Å². The molecule has 0 aliphatic carbocycles. The van der Waals surface area contributed by atoms with E-state index in [1.807, 2.05) is 0 Å². The van der Waals surface area contributed by atoms with E-state index in [0.29, 0.717) is 5.56 Å². The van der Waals surface area contributed by atoms with Gasteiger partial charge in [-0.25, -0.2) is 4.79 Å². The van der Waals surface area contributed by atoms with Gasteiger partial charge >= 0.3 is 40.0 Å². The Kier molecular flexibility index (Phi) is 13.6. The van der Waals surface area contributed by atoms with E-state index >= 15 is 0 Å². The molecule has 3 heterocycles. The van der Waals surface area contributed by atoms with Crippen LogP contribution in [0.25, 0.3) is 0 Å². The summed E-state index contributed by atoms with van der Waals surface area (Å²) in [5, 5.41) is 19.6. The van der Waals surface area contributed by atoms with Gasteiger partial charge in [-0.1, -0.05) is 24.3 Å². The lowest BCUT2D eigenvalue weighted by atomic mass is 9.98. The third-order valence-electron chi connectivity index (χ3n) is 8.44. The number of hydrogen-bond donors (Lipinski definition) is 2. The average Bonchev–Trinajstić information content (AvgIpc) is 3.47. The molecule has 2 aliphatic rings. The molecule has 8 atom stereocenters. The van der Waals surface area contributed by atoms with Gasteiger partial charge < -0.3 is 51.7 Å². The zero-order chi connectivity index (χ0) is 42.5. The van der Waals surface area contributed by atoms with E-state index in [2.05, 4.69) is 0 Å². The Morgan fingerprint density at radius 1 is 0.793 bits per heavy atom. The summed E-state index contributed by atoms with van der Waals surface area (Å²) in [5.74, 6) is -4.36. The summed E-state index contributed by atoms with van der Waals surface area (Å²) in [7, 11) is -4.93. The molecule has 314 valence electrons. The van der Waals surface area contributed by atoms with Crippen LogP contribution in [-0.4, -0.2) is 101 Å². The number of hydrogen-bond acceptors (Lipinski definition) is 19. The molecule has 2 aliphatic heterocycles. The van der Waals surface area contributed by atoms with Crippen LogP contribution in [0.2, 0.25) is 0 Å². The second-order valence-corrected chi connectivity index (χ2v) is 14.2. The molecule has 1 aromatic heterocycles. The van der Waals surface area contributed by atoms with E-state index in [-0.39, 0.29) is 30.0 Å². The van der Waals surface area contributed by atoms with Crippen molar-refractivity contribution >= 4 is 34.3 Å². The van der Waals surface area contributed by atoms with E-state index in [4.69, 9.17) is 41.5 Å². The zero-order valence-electron chi connectivity index (χ0n) is 31.6. The van der Waals surface area contributed by atoms with Gasteiger partial charge in [-0.15, -0.1) is 8.42 Å². The molecule has 2 N–H and O–H groups in total. The van der Waals surface area contributed by atoms with Crippen LogP contribution in [0, 0.1) is 6.92 Å².